The average molecular weight is 405 g/mol. The van der Waals surface area contributed by atoms with Gasteiger partial charge in [-0.05, 0) is 36.3 Å². The number of carbonyl (C=O) groups is 3. The zero-order chi connectivity index (χ0) is 20.5. The lowest BCUT2D eigenvalue weighted by Crippen LogP contribution is -2.43. The number of aliphatic hydroxyl groups excluding tert-OH is 2. The Bertz CT molecular complexity index is 1040. The van der Waals surface area contributed by atoms with Gasteiger partial charge in [0.1, 0.15) is 17.1 Å². The quantitative estimate of drug-likeness (QED) is 0.270. The van der Waals surface area contributed by atoms with Crippen molar-refractivity contribution in [2.75, 3.05) is 5.73 Å². The smallest absolute Gasteiger partial charge is 0.255 e. The molecule has 0 heterocycles. The highest BCUT2D eigenvalue weighted by molar-refractivity contribution is 6.34. The number of phenolic OH excluding ortho intramolecular Hbond substituents is 1. The van der Waals surface area contributed by atoms with Crippen molar-refractivity contribution in [2.45, 2.75) is 19.3 Å². The van der Waals surface area contributed by atoms with Crippen LogP contribution >= 0.6 is 11.6 Å². The van der Waals surface area contributed by atoms with Gasteiger partial charge in [0.15, 0.2) is 17.3 Å². The summed E-state index contributed by atoms with van der Waals surface area (Å²) in [6.45, 7) is 0. The van der Waals surface area contributed by atoms with Gasteiger partial charge in [-0.2, -0.15) is 0 Å². The maximum absolute atomic E-state index is 13.1. The van der Waals surface area contributed by atoms with E-state index >= 15 is 0 Å². The summed E-state index contributed by atoms with van der Waals surface area (Å²) in [7, 11) is 0. The maximum Gasteiger partial charge on any atom is 0.255 e. The van der Waals surface area contributed by atoms with Gasteiger partial charge in [-0.3, -0.25) is 14.4 Å². The highest BCUT2D eigenvalue weighted by Gasteiger charge is 2.50. The summed E-state index contributed by atoms with van der Waals surface area (Å²) in [6.07, 6.45) is 0.635. The van der Waals surface area contributed by atoms with Crippen molar-refractivity contribution in [3.8, 4) is 5.75 Å². The maximum atomic E-state index is 13.1. The van der Waals surface area contributed by atoms with E-state index in [9.17, 15) is 29.7 Å². The first kappa shape index (κ1) is 18.4. The number of anilines is 1. The fraction of sp³-hybridized carbons (Fsp3) is 0.316. The number of aromatic hydroxyl groups is 1. The molecule has 0 radical (unpaired) electrons. The van der Waals surface area contributed by atoms with Crippen LogP contribution in [0.1, 0.15) is 28.8 Å². The van der Waals surface area contributed by atoms with Crippen molar-refractivity contribution in [3.63, 3.8) is 0 Å². The van der Waals surface area contributed by atoms with E-state index in [1.807, 2.05) is 0 Å². The number of ketones is 2. The summed E-state index contributed by atoms with van der Waals surface area (Å²) in [5.74, 6) is -5.85. The number of nitrogen functional groups attached to an aromatic ring is 1. The van der Waals surface area contributed by atoms with Crippen LogP contribution in [0.4, 0.5) is 5.69 Å². The zero-order valence-electron chi connectivity index (χ0n) is 14.5. The number of phenols is 1. The van der Waals surface area contributed by atoms with E-state index in [0.717, 1.165) is 0 Å². The number of fused-ring (bicyclic) bond motifs is 3. The van der Waals surface area contributed by atoms with Crippen molar-refractivity contribution in [1.29, 1.82) is 0 Å². The second-order valence-corrected chi connectivity index (χ2v) is 7.82. The summed E-state index contributed by atoms with van der Waals surface area (Å²) in [6, 6.07) is 1.51. The molecule has 3 aliphatic rings. The molecular formula is C19H17ClN2O6. The van der Waals surface area contributed by atoms with Gasteiger partial charge in [0.25, 0.3) is 5.91 Å². The molecule has 9 heteroatoms. The fourth-order valence-electron chi connectivity index (χ4n) is 4.67. The lowest BCUT2D eigenvalue weighted by molar-refractivity contribution is -0.126. The van der Waals surface area contributed by atoms with E-state index < -0.39 is 58.1 Å². The highest BCUT2D eigenvalue weighted by atomic mass is 35.5. The molecule has 4 rings (SSSR count). The van der Waals surface area contributed by atoms with E-state index in [4.69, 9.17) is 23.1 Å². The number of allylic oxidation sites excluding steroid dienone is 3. The number of nitrogens with two attached hydrogens (primary N) is 2. The summed E-state index contributed by atoms with van der Waals surface area (Å²) in [5.41, 5.74) is 10.7. The number of rotatable bonds is 1. The SMILES string of the molecule is NC(=O)C1=C(O)CC2CC3Cc4cc(Cl)c(N)c(O)c4C(=O)C3=C(O)C2C1=O. The Morgan fingerprint density at radius 2 is 1.86 bits per heavy atom. The molecule has 1 aromatic rings. The van der Waals surface area contributed by atoms with Gasteiger partial charge in [-0.15, -0.1) is 0 Å². The Balaban J connectivity index is 1.86. The molecule has 146 valence electrons. The molecule has 0 spiro atoms. The van der Waals surface area contributed by atoms with Crippen molar-refractivity contribution in [3.05, 3.63) is 44.9 Å². The van der Waals surface area contributed by atoms with E-state index in [1.54, 1.807) is 0 Å². The fourth-order valence-corrected chi connectivity index (χ4v) is 4.90. The van der Waals surface area contributed by atoms with Gasteiger partial charge in [0.2, 0.25) is 0 Å². The molecule has 3 atom stereocenters. The van der Waals surface area contributed by atoms with Crippen molar-refractivity contribution in [2.24, 2.45) is 23.5 Å². The third-order valence-electron chi connectivity index (χ3n) is 5.87. The van der Waals surface area contributed by atoms with E-state index in [0.29, 0.717) is 18.4 Å². The van der Waals surface area contributed by atoms with Gasteiger partial charge >= 0.3 is 0 Å². The van der Waals surface area contributed by atoms with Crippen LogP contribution in [0, 0.1) is 17.8 Å². The van der Waals surface area contributed by atoms with Crippen molar-refractivity contribution < 1.29 is 29.7 Å². The predicted molar refractivity (Wildman–Crippen MR) is 98.8 cm³/mol. The standard InChI is InChI=1S/C19H17ClN2O6/c20-8-3-6-1-5-2-7-4-9(23)13(19(22)28)17(26)11(7)15(24)10(5)16(25)12(6)18(27)14(8)21/h3,5,7,11,23-24,27H,1-2,4,21H2,(H2,22,28). The van der Waals surface area contributed by atoms with E-state index in [1.165, 1.54) is 6.07 Å². The Kier molecular flexibility index (Phi) is 3.94. The number of benzene rings is 1. The second-order valence-electron chi connectivity index (χ2n) is 7.41. The summed E-state index contributed by atoms with van der Waals surface area (Å²) < 4.78 is 0. The molecule has 28 heavy (non-hydrogen) atoms. The van der Waals surface area contributed by atoms with Crippen LogP contribution in [0.15, 0.2) is 28.7 Å². The monoisotopic (exact) mass is 404 g/mol. The predicted octanol–water partition coefficient (Wildman–Crippen LogP) is 1.70. The van der Waals surface area contributed by atoms with Crippen LogP contribution in [-0.2, 0) is 16.0 Å². The van der Waals surface area contributed by atoms with E-state index in [2.05, 4.69) is 0 Å². The largest absolute Gasteiger partial charge is 0.511 e. The third kappa shape index (κ3) is 2.34. The van der Waals surface area contributed by atoms with Crippen LogP contribution < -0.4 is 11.5 Å². The number of primary amides is 1. The second kappa shape index (κ2) is 6.00. The average Bonchev–Trinajstić information content (AvgIpc) is 2.58. The van der Waals surface area contributed by atoms with Gasteiger partial charge in [0, 0.05) is 12.0 Å². The highest BCUT2D eigenvalue weighted by Crippen LogP contribution is 2.50. The number of Topliss-reactive ketones (excluding diaryl/α,β-unsaturated/α-hetero) is 2. The number of aliphatic hydroxyl groups is 2. The Hall–Kier alpha value is -3.00. The number of hydrogen-bond acceptors (Lipinski definition) is 7. The molecule has 3 aliphatic carbocycles. The molecule has 1 amide bonds. The Morgan fingerprint density at radius 3 is 2.50 bits per heavy atom. The number of hydrogen-bond donors (Lipinski definition) is 5. The van der Waals surface area contributed by atoms with Crippen LogP contribution in [0.25, 0.3) is 0 Å². The minimum Gasteiger partial charge on any atom is -0.511 e. The first-order valence-electron chi connectivity index (χ1n) is 8.67. The summed E-state index contributed by atoms with van der Waals surface area (Å²) >= 11 is 6.01. The lowest BCUT2D eigenvalue weighted by atomic mass is 9.62. The molecular weight excluding hydrogens is 388 g/mol. The lowest BCUT2D eigenvalue weighted by Gasteiger charge is -2.40. The molecule has 0 saturated heterocycles. The van der Waals surface area contributed by atoms with Crippen LogP contribution in [0.2, 0.25) is 5.02 Å². The van der Waals surface area contributed by atoms with Gasteiger partial charge < -0.3 is 26.8 Å². The first-order valence-corrected chi connectivity index (χ1v) is 9.04. The van der Waals surface area contributed by atoms with Gasteiger partial charge in [0.05, 0.1) is 22.2 Å². The minimum absolute atomic E-state index is 0.00267. The molecule has 0 saturated carbocycles. The van der Waals surface area contributed by atoms with Crippen LogP contribution in [0.3, 0.4) is 0 Å². The van der Waals surface area contributed by atoms with Gasteiger partial charge in [-0.25, -0.2) is 0 Å². The molecule has 1 aromatic carbocycles. The van der Waals surface area contributed by atoms with E-state index in [-0.39, 0.29) is 28.3 Å². The number of amides is 1. The molecule has 0 aromatic heterocycles. The van der Waals surface area contributed by atoms with Crippen LogP contribution in [-0.4, -0.2) is 32.8 Å². The van der Waals surface area contributed by atoms with Crippen molar-refractivity contribution >= 4 is 34.8 Å². The molecule has 0 aliphatic heterocycles. The summed E-state index contributed by atoms with van der Waals surface area (Å²) in [5, 5.41) is 31.3. The normalized spacial score (nSPS) is 26.7. The topological polar surface area (TPSA) is 164 Å². The molecule has 8 nitrogen and oxygen atoms in total. The Labute approximate surface area is 164 Å². The molecule has 3 unspecified atom stereocenters. The third-order valence-corrected chi connectivity index (χ3v) is 6.18. The number of halogens is 1. The van der Waals surface area contributed by atoms with Crippen molar-refractivity contribution in [1.82, 2.24) is 0 Å². The molecule has 7 N–H and O–H groups in total. The zero-order valence-corrected chi connectivity index (χ0v) is 15.3. The molecule has 0 bridgehead atoms. The molecule has 0 fully saturated rings. The number of carbonyl (C=O) groups excluding carboxylic acids is 3. The van der Waals surface area contributed by atoms with Crippen LogP contribution in [0.5, 0.6) is 5.75 Å². The Morgan fingerprint density at radius 1 is 1.18 bits per heavy atom. The van der Waals surface area contributed by atoms with Gasteiger partial charge in [-0.1, -0.05) is 11.6 Å². The summed E-state index contributed by atoms with van der Waals surface area (Å²) in [4.78, 5) is 37.3. The first-order chi connectivity index (χ1) is 13.1. The minimum atomic E-state index is -1.14.